The van der Waals surface area contributed by atoms with Crippen LogP contribution in [0.3, 0.4) is 0 Å². The van der Waals surface area contributed by atoms with Gasteiger partial charge in [0.1, 0.15) is 5.60 Å². The van der Waals surface area contributed by atoms with Crippen molar-refractivity contribution < 1.29 is 4.74 Å². The molecule has 1 N–H and O–H groups in total. The molecular weight excluding hydrogens is 186 g/mol. The summed E-state index contributed by atoms with van der Waals surface area (Å²) in [6.45, 7) is 6.26. The van der Waals surface area contributed by atoms with E-state index in [2.05, 4.69) is 37.4 Å². The van der Waals surface area contributed by atoms with Crippen LogP contribution in [0.15, 0.2) is 18.2 Å². The summed E-state index contributed by atoms with van der Waals surface area (Å²) in [5, 5.41) is 3.38. The monoisotopic (exact) mass is 205 g/mol. The number of aryl methyl sites for hydroxylation is 2. The van der Waals surface area contributed by atoms with Crippen molar-refractivity contribution in [2.45, 2.75) is 25.9 Å². The number of rotatable bonds is 2. The van der Waals surface area contributed by atoms with Crippen molar-refractivity contribution in [2.24, 2.45) is 0 Å². The van der Waals surface area contributed by atoms with Gasteiger partial charge >= 0.3 is 0 Å². The Balaban J connectivity index is 2.42. The summed E-state index contributed by atoms with van der Waals surface area (Å²) in [5.74, 6) is 0. The van der Waals surface area contributed by atoms with E-state index in [0.717, 1.165) is 19.5 Å². The lowest BCUT2D eigenvalue weighted by Gasteiger charge is -2.29. The first kappa shape index (κ1) is 10.7. The molecule has 1 atom stereocenters. The van der Waals surface area contributed by atoms with Crippen molar-refractivity contribution in [3.63, 3.8) is 0 Å². The van der Waals surface area contributed by atoms with Gasteiger partial charge in [0.15, 0.2) is 0 Å². The summed E-state index contributed by atoms with van der Waals surface area (Å²) >= 11 is 0. The molecule has 15 heavy (non-hydrogen) atoms. The van der Waals surface area contributed by atoms with Crippen molar-refractivity contribution in [2.75, 3.05) is 20.2 Å². The number of hydrogen-bond donors (Lipinski definition) is 1. The maximum Gasteiger partial charge on any atom is 0.107 e. The summed E-state index contributed by atoms with van der Waals surface area (Å²) in [6, 6.07) is 6.61. The summed E-state index contributed by atoms with van der Waals surface area (Å²) in [5.41, 5.74) is 3.88. The van der Waals surface area contributed by atoms with Crippen molar-refractivity contribution in [1.82, 2.24) is 5.32 Å². The molecule has 1 aromatic carbocycles. The third-order valence-electron chi connectivity index (χ3n) is 3.38. The average molecular weight is 205 g/mol. The molecule has 0 aromatic heterocycles. The summed E-state index contributed by atoms with van der Waals surface area (Å²) in [4.78, 5) is 0. The Morgan fingerprint density at radius 1 is 1.33 bits per heavy atom. The summed E-state index contributed by atoms with van der Waals surface area (Å²) in [7, 11) is 1.81. The fraction of sp³-hybridized carbons (Fsp3) is 0.538. The minimum atomic E-state index is -0.0994. The first-order valence-electron chi connectivity index (χ1n) is 5.51. The van der Waals surface area contributed by atoms with E-state index < -0.39 is 0 Å². The van der Waals surface area contributed by atoms with Gasteiger partial charge in [0, 0.05) is 13.7 Å². The first-order chi connectivity index (χ1) is 7.18. The normalized spacial score (nSPS) is 25.8. The number of ether oxygens (including phenoxy) is 1. The van der Waals surface area contributed by atoms with E-state index in [1.165, 1.54) is 16.7 Å². The lowest BCUT2D eigenvalue weighted by molar-refractivity contribution is 0.00274. The molecule has 1 aromatic rings. The minimum Gasteiger partial charge on any atom is -0.372 e. The highest BCUT2D eigenvalue weighted by atomic mass is 16.5. The molecule has 82 valence electrons. The molecule has 1 unspecified atom stereocenters. The van der Waals surface area contributed by atoms with E-state index in [1.54, 1.807) is 0 Å². The van der Waals surface area contributed by atoms with Crippen LogP contribution in [0.5, 0.6) is 0 Å². The molecule has 1 aliphatic rings. The van der Waals surface area contributed by atoms with Gasteiger partial charge in [-0.1, -0.05) is 23.8 Å². The smallest absolute Gasteiger partial charge is 0.107 e. The van der Waals surface area contributed by atoms with Crippen LogP contribution in [0.25, 0.3) is 0 Å². The second kappa shape index (κ2) is 3.95. The molecule has 1 fully saturated rings. The summed E-state index contributed by atoms with van der Waals surface area (Å²) in [6.07, 6.45) is 1.06. The number of benzene rings is 1. The summed E-state index contributed by atoms with van der Waals surface area (Å²) < 4.78 is 5.74. The number of methoxy groups -OCH3 is 1. The quantitative estimate of drug-likeness (QED) is 0.798. The van der Waals surface area contributed by atoms with Crippen LogP contribution in [0.4, 0.5) is 0 Å². The van der Waals surface area contributed by atoms with Crippen molar-refractivity contribution in [3.05, 3.63) is 34.9 Å². The Kier molecular flexibility index (Phi) is 2.81. The fourth-order valence-electron chi connectivity index (χ4n) is 2.51. The molecule has 2 nitrogen and oxygen atoms in total. The van der Waals surface area contributed by atoms with Gasteiger partial charge in [-0.3, -0.25) is 0 Å². The predicted molar refractivity (Wildman–Crippen MR) is 62.1 cm³/mol. The molecule has 1 aliphatic heterocycles. The van der Waals surface area contributed by atoms with Crippen molar-refractivity contribution in [3.8, 4) is 0 Å². The van der Waals surface area contributed by atoms with Crippen LogP contribution < -0.4 is 5.32 Å². The van der Waals surface area contributed by atoms with Gasteiger partial charge in [-0.2, -0.15) is 0 Å². The minimum absolute atomic E-state index is 0.0994. The molecule has 0 radical (unpaired) electrons. The highest BCUT2D eigenvalue weighted by Gasteiger charge is 2.36. The molecule has 0 amide bonds. The molecular formula is C13H19NO. The predicted octanol–water partition coefficient (Wildman–Crippen LogP) is 2.14. The second-order valence-electron chi connectivity index (χ2n) is 4.44. The maximum absolute atomic E-state index is 5.74. The third kappa shape index (κ3) is 1.80. The second-order valence-corrected chi connectivity index (χ2v) is 4.44. The largest absolute Gasteiger partial charge is 0.372 e. The van der Waals surface area contributed by atoms with E-state index in [-0.39, 0.29) is 5.60 Å². The van der Waals surface area contributed by atoms with Crippen LogP contribution in [-0.4, -0.2) is 20.2 Å². The Morgan fingerprint density at radius 2 is 2.13 bits per heavy atom. The molecule has 0 aliphatic carbocycles. The molecule has 1 saturated heterocycles. The van der Waals surface area contributed by atoms with Gasteiger partial charge in [0.2, 0.25) is 0 Å². The van der Waals surface area contributed by atoms with Gasteiger partial charge in [0.05, 0.1) is 0 Å². The zero-order valence-corrected chi connectivity index (χ0v) is 9.76. The Bertz CT molecular complexity index is 354. The van der Waals surface area contributed by atoms with Crippen LogP contribution in [0.2, 0.25) is 0 Å². The van der Waals surface area contributed by atoms with Crippen molar-refractivity contribution in [1.29, 1.82) is 0 Å². The molecule has 0 saturated carbocycles. The number of nitrogens with one attached hydrogen (secondary N) is 1. The lowest BCUT2D eigenvalue weighted by Crippen LogP contribution is -2.31. The topological polar surface area (TPSA) is 21.3 Å². The van der Waals surface area contributed by atoms with E-state index in [1.807, 2.05) is 7.11 Å². The van der Waals surface area contributed by atoms with Gasteiger partial charge in [0.25, 0.3) is 0 Å². The van der Waals surface area contributed by atoms with Gasteiger partial charge in [-0.15, -0.1) is 0 Å². The highest BCUT2D eigenvalue weighted by Crippen LogP contribution is 2.33. The van der Waals surface area contributed by atoms with Crippen LogP contribution in [0.1, 0.15) is 23.1 Å². The van der Waals surface area contributed by atoms with Crippen LogP contribution in [0, 0.1) is 13.8 Å². The average Bonchev–Trinajstić information content (AvgIpc) is 2.67. The first-order valence-corrected chi connectivity index (χ1v) is 5.51. The van der Waals surface area contributed by atoms with E-state index in [9.17, 15) is 0 Å². The van der Waals surface area contributed by atoms with Gasteiger partial charge in [-0.05, 0) is 37.9 Å². The molecule has 1 heterocycles. The number of hydrogen-bond acceptors (Lipinski definition) is 2. The zero-order valence-electron chi connectivity index (χ0n) is 9.76. The van der Waals surface area contributed by atoms with Crippen LogP contribution in [-0.2, 0) is 10.3 Å². The van der Waals surface area contributed by atoms with E-state index in [0.29, 0.717) is 0 Å². The molecule has 0 bridgehead atoms. The van der Waals surface area contributed by atoms with Gasteiger partial charge in [-0.25, -0.2) is 0 Å². The lowest BCUT2D eigenvalue weighted by atomic mass is 9.88. The maximum atomic E-state index is 5.74. The molecule has 0 spiro atoms. The standard InChI is InChI=1S/C13H19NO/c1-10-4-5-12(11(2)8-10)13(15-3)6-7-14-9-13/h4-5,8,14H,6-7,9H2,1-3H3. The SMILES string of the molecule is COC1(c2ccc(C)cc2C)CCNC1. The third-order valence-corrected chi connectivity index (χ3v) is 3.38. The van der Waals surface area contributed by atoms with Crippen molar-refractivity contribution >= 4 is 0 Å². The molecule has 2 heteroatoms. The Morgan fingerprint density at radius 3 is 2.67 bits per heavy atom. The van der Waals surface area contributed by atoms with E-state index >= 15 is 0 Å². The molecule has 2 rings (SSSR count). The van der Waals surface area contributed by atoms with Crippen LogP contribution >= 0.6 is 0 Å². The van der Waals surface area contributed by atoms with E-state index in [4.69, 9.17) is 4.74 Å². The Hall–Kier alpha value is -0.860. The fourth-order valence-corrected chi connectivity index (χ4v) is 2.51. The van der Waals surface area contributed by atoms with Gasteiger partial charge < -0.3 is 10.1 Å². The zero-order chi connectivity index (χ0) is 10.9. The Labute approximate surface area is 91.6 Å². The highest BCUT2D eigenvalue weighted by molar-refractivity contribution is 5.36.